The summed E-state index contributed by atoms with van der Waals surface area (Å²) in [6.45, 7) is 4.36. The second kappa shape index (κ2) is 10.7. The van der Waals surface area contributed by atoms with Crippen molar-refractivity contribution in [1.29, 1.82) is 0 Å². The van der Waals surface area contributed by atoms with Crippen molar-refractivity contribution >= 4 is 17.4 Å². The standard InChI is InChI=1S/C27H28N2O6/c1-3-34-13-14-35-27(31)24-17(2)28-21-15-19(18-9-5-4-6-10-18)16-23(30)26(21)25(24)20-11-7-8-12-22(20)29(32)33/h4-12,19,25,28H,3,13-16H2,1-2H3/t19-,25+/m1/s1. The van der Waals surface area contributed by atoms with Crippen molar-refractivity contribution in [2.45, 2.75) is 38.5 Å². The normalized spacial score (nSPS) is 19.8. The zero-order chi connectivity index (χ0) is 24.9. The van der Waals surface area contributed by atoms with E-state index in [4.69, 9.17) is 9.47 Å². The van der Waals surface area contributed by atoms with Gasteiger partial charge in [0, 0.05) is 41.6 Å². The molecule has 0 unspecified atom stereocenters. The number of esters is 1. The molecule has 0 bridgehead atoms. The largest absolute Gasteiger partial charge is 0.460 e. The van der Waals surface area contributed by atoms with Gasteiger partial charge in [-0.1, -0.05) is 48.5 Å². The number of nitro groups is 1. The highest BCUT2D eigenvalue weighted by atomic mass is 16.6. The Morgan fingerprint density at radius 3 is 2.51 bits per heavy atom. The summed E-state index contributed by atoms with van der Waals surface area (Å²) in [6.07, 6.45) is 0.819. The van der Waals surface area contributed by atoms with Crippen molar-refractivity contribution in [3.63, 3.8) is 0 Å². The molecule has 0 radical (unpaired) electrons. The van der Waals surface area contributed by atoms with Crippen molar-refractivity contribution in [2.75, 3.05) is 19.8 Å². The zero-order valence-corrected chi connectivity index (χ0v) is 19.8. The fraction of sp³-hybridized carbons (Fsp3) is 0.333. The van der Waals surface area contributed by atoms with E-state index in [1.165, 1.54) is 6.07 Å². The number of ketones is 1. The quantitative estimate of drug-likeness (QED) is 0.258. The number of rotatable bonds is 8. The molecule has 0 amide bonds. The van der Waals surface area contributed by atoms with Gasteiger partial charge in [0.25, 0.3) is 5.69 Å². The van der Waals surface area contributed by atoms with Gasteiger partial charge < -0.3 is 14.8 Å². The number of hydrogen-bond acceptors (Lipinski definition) is 7. The van der Waals surface area contributed by atoms with Crippen LogP contribution >= 0.6 is 0 Å². The minimum absolute atomic E-state index is 0.0196. The number of carbonyl (C=O) groups is 2. The van der Waals surface area contributed by atoms with E-state index >= 15 is 0 Å². The molecule has 0 aromatic heterocycles. The molecule has 0 spiro atoms. The first-order valence-corrected chi connectivity index (χ1v) is 11.7. The number of ether oxygens (including phenoxy) is 2. The Balaban J connectivity index is 1.78. The zero-order valence-electron chi connectivity index (χ0n) is 19.8. The molecular weight excluding hydrogens is 448 g/mol. The Morgan fingerprint density at radius 1 is 1.09 bits per heavy atom. The molecule has 1 aliphatic heterocycles. The van der Waals surface area contributed by atoms with Crippen LogP contribution in [0.5, 0.6) is 0 Å². The Hall–Kier alpha value is -3.78. The Bertz CT molecular complexity index is 1200. The summed E-state index contributed by atoms with van der Waals surface area (Å²) >= 11 is 0. The van der Waals surface area contributed by atoms with Crippen LogP contribution in [-0.2, 0) is 19.1 Å². The summed E-state index contributed by atoms with van der Waals surface area (Å²) in [5, 5.41) is 15.2. The van der Waals surface area contributed by atoms with Crippen molar-refractivity contribution in [3.8, 4) is 0 Å². The van der Waals surface area contributed by atoms with Crippen molar-refractivity contribution < 1.29 is 24.0 Å². The van der Waals surface area contributed by atoms with Gasteiger partial charge in [-0.15, -0.1) is 0 Å². The van der Waals surface area contributed by atoms with Crippen LogP contribution in [0.25, 0.3) is 0 Å². The number of nitrogens with zero attached hydrogens (tertiary/aromatic N) is 1. The monoisotopic (exact) mass is 476 g/mol. The maximum absolute atomic E-state index is 13.6. The highest BCUT2D eigenvalue weighted by Gasteiger charge is 2.43. The molecule has 2 aromatic rings. The molecule has 2 aliphatic rings. The van der Waals surface area contributed by atoms with Crippen LogP contribution < -0.4 is 5.32 Å². The first-order valence-electron chi connectivity index (χ1n) is 11.7. The summed E-state index contributed by atoms with van der Waals surface area (Å²) in [4.78, 5) is 38.2. The first kappa shape index (κ1) is 24.3. The number of Topliss-reactive ketones (excluding diaryl/α,β-unsaturated/α-hetero) is 1. The Kier molecular flexibility index (Phi) is 7.41. The maximum atomic E-state index is 13.6. The van der Waals surface area contributed by atoms with Gasteiger partial charge in [0.15, 0.2) is 5.78 Å². The minimum Gasteiger partial charge on any atom is -0.460 e. The average Bonchev–Trinajstić information content (AvgIpc) is 2.86. The van der Waals surface area contributed by atoms with Crippen LogP contribution in [0, 0.1) is 10.1 Å². The summed E-state index contributed by atoms with van der Waals surface area (Å²) in [6, 6.07) is 16.1. The van der Waals surface area contributed by atoms with Crippen LogP contribution in [0.15, 0.2) is 77.1 Å². The summed E-state index contributed by atoms with van der Waals surface area (Å²) in [5.74, 6) is -1.67. The second-order valence-electron chi connectivity index (χ2n) is 8.58. The van der Waals surface area contributed by atoms with E-state index in [-0.39, 0.29) is 42.6 Å². The molecule has 4 rings (SSSR count). The molecule has 2 atom stereocenters. The van der Waals surface area contributed by atoms with E-state index in [2.05, 4.69) is 5.32 Å². The number of carbonyl (C=O) groups excluding carboxylic acids is 2. The summed E-state index contributed by atoms with van der Waals surface area (Å²) < 4.78 is 10.7. The molecule has 182 valence electrons. The molecular formula is C27H28N2O6. The Morgan fingerprint density at radius 2 is 1.80 bits per heavy atom. The number of para-hydroxylation sites is 1. The van der Waals surface area contributed by atoms with Gasteiger partial charge in [0.05, 0.1) is 23.0 Å². The second-order valence-corrected chi connectivity index (χ2v) is 8.58. The van der Waals surface area contributed by atoms with Gasteiger partial charge in [-0.05, 0) is 31.7 Å². The van der Waals surface area contributed by atoms with Crippen molar-refractivity contribution in [1.82, 2.24) is 5.32 Å². The third kappa shape index (κ3) is 5.02. The van der Waals surface area contributed by atoms with Gasteiger partial charge in [-0.2, -0.15) is 0 Å². The molecule has 8 nitrogen and oxygen atoms in total. The van der Waals surface area contributed by atoms with Crippen LogP contribution in [-0.4, -0.2) is 36.5 Å². The maximum Gasteiger partial charge on any atom is 0.336 e. The van der Waals surface area contributed by atoms with Crippen LogP contribution in [0.4, 0.5) is 5.69 Å². The molecule has 1 heterocycles. The lowest BCUT2D eigenvalue weighted by Crippen LogP contribution is -2.36. The molecule has 0 saturated carbocycles. The highest BCUT2D eigenvalue weighted by Crippen LogP contribution is 2.47. The van der Waals surface area contributed by atoms with Gasteiger partial charge >= 0.3 is 5.97 Å². The van der Waals surface area contributed by atoms with E-state index < -0.39 is 16.8 Å². The lowest BCUT2D eigenvalue weighted by molar-refractivity contribution is -0.385. The van der Waals surface area contributed by atoms with Crippen LogP contribution in [0.2, 0.25) is 0 Å². The summed E-state index contributed by atoms with van der Waals surface area (Å²) in [7, 11) is 0. The highest BCUT2D eigenvalue weighted by molar-refractivity contribution is 6.04. The van der Waals surface area contributed by atoms with E-state index in [1.54, 1.807) is 25.1 Å². The number of benzene rings is 2. The fourth-order valence-corrected chi connectivity index (χ4v) is 4.89. The first-order chi connectivity index (χ1) is 16.9. The third-order valence-corrected chi connectivity index (χ3v) is 6.43. The molecule has 0 saturated heterocycles. The van der Waals surface area contributed by atoms with Gasteiger partial charge in [0.2, 0.25) is 0 Å². The topological polar surface area (TPSA) is 108 Å². The predicted octanol–water partition coefficient (Wildman–Crippen LogP) is 4.54. The number of hydrogen-bond donors (Lipinski definition) is 1. The Labute approximate surface area is 203 Å². The van der Waals surface area contributed by atoms with E-state index in [9.17, 15) is 19.7 Å². The van der Waals surface area contributed by atoms with Crippen molar-refractivity contribution in [3.05, 3.63) is 98.4 Å². The van der Waals surface area contributed by atoms with Gasteiger partial charge in [-0.25, -0.2) is 4.79 Å². The summed E-state index contributed by atoms with van der Waals surface area (Å²) in [5.41, 5.74) is 3.04. The molecule has 8 heteroatoms. The number of nitrogens with one attached hydrogen (secondary N) is 1. The fourth-order valence-electron chi connectivity index (χ4n) is 4.89. The molecule has 35 heavy (non-hydrogen) atoms. The third-order valence-electron chi connectivity index (χ3n) is 6.43. The van der Waals surface area contributed by atoms with Crippen LogP contribution in [0.3, 0.4) is 0 Å². The number of nitro benzene ring substituents is 1. The molecule has 0 fully saturated rings. The molecule has 1 N–H and O–H groups in total. The van der Waals surface area contributed by atoms with E-state index in [0.29, 0.717) is 35.6 Å². The van der Waals surface area contributed by atoms with Gasteiger partial charge in [-0.3, -0.25) is 14.9 Å². The van der Waals surface area contributed by atoms with Gasteiger partial charge in [0.1, 0.15) is 6.61 Å². The van der Waals surface area contributed by atoms with Crippen molar-refractivity contribution in [2.24, 2.45) is 0 Å². The SMILES string of the molecule is CCOCCOC(=O)C1=C(C)NC2=C(C(=O)C[C@H](c3ccccc3)C2)[C@H]1c1ccccc1[N+](=O)[O-]. The number of allylic oxidation sites excluding steroid dienone is 3. The smallest absolute Gasteiger partial charge is 0.336 e. The van der Waals surface area contributed by atoms with Crippen LogP contribution in [0.1, 0.15) is 49.7 Å². The van der Waals surface area contributed by atoms with E-state index in [0.717, 1.165) is 5.56 Å². The number of dihydropyridines is 1. The van der Waals surface area contributed by atoms with E-state index in [1.807, 2.05) is 37.3 Å². The lowest BCUT2D eigenvalue weighted by atomic mass is 9.71. The average molecular weight is 477 g/mol. The lowest BCUT2D eigenvalue weighted by Gasteiger charge is -2.36. The minimum atomic E-state index is -0.892. The predicted molar refractivity (Wildman–Crippen MR) is 130 cm³/mol. The molecule has 2 aromatic carbocycles. The molecule has 1 aliphatic carbocycles.